The van der Waals surface area contributed by atoms with Crippen LogP contribution in [0.1, 0.15) is 36.5 Å². The molecule has 1 aromatic carbocycles. The van der Waals surface area contributed by atoms with Crippen LogP contribution >= 0.6 is 0 Å². The predicted octanol–water partition coefficient (Wildman–Crippen LogP) is 2.70. The maximum Gasteiger partial charge on any atom is 0.319 e. The zero-order valence-electron chi connectivity index (χ0n) is 11.3. The molecule has 1 aliphatic rings. The fraction of sp³-hybridized carbons (Fsp3) is 0.400. The van der Waals surface area contributed by atoms with Crippen LogP contribution in [-0.4, -0.2) is 17.9 Å². The highest BCUT2D eigenvalue weighted by atomic mass is 16.2. The second-order valence-electron chi connectivity index (χ2n) is 5.00. The van der Waals surface area contributed by atoms with E-state index < -0.39 is 0 Å². The highest BCUT2D eigenvalue weighted by Crippen LogP contribution is 2.24. The third-order valence-electron chi connectivity index (χ3n) is 3.55. The van der Waals surface area contributed by atoms with E-state index in [9.17, 15) is 9.59 Å². The highest BCUT2D eigenvalue weighted by Gasteiger charge is 2.28. The second-order valence-corrected chi connectivity index (χ2v) is 5.00. The Morgan fingerprint density at radius 2 is 1.95 bits per heavy atom. The van der Waals surface area contributed by atoms with E-state index in [1.165, 1.54) is 6.92 Å². The van der Waals surface area contributed by atoms with E-state index in [4.69, 9.17) is 5.26 Å². The van der Waals surface area contributed by atoms with Crippen LogP contribution in [0, 0.1) is 17.2 Å². The lowest BCUT2D eigenvalue weighted by Crippen LogP contribution is -2.39. The summed E-state index contributed by atoms with van der Waals surface area (Å²) < 4.78 is 0. The molecular formula is C15H17N3O2. The molecule has 0 bridgehead atoms. The summed E-state index contributed by atoms with van der Waals surface area (Å²) in [5, 5.41) is 14.5. The number of nitrogens with one attached hydrogen (secondary N) is 2. The van der Waals surface area contributed by atoms with Gasteiger partial charge < -0.3 is 10.6 Å². The lowest BCUT2D eigenvalue weighted by molar-refractivity contribution is 0.101. The van der Waals surface area contributed by atoms with E-state index in [-0.39, 0.29) is 23.8 Å². The molecule has 2 atom stereocenters. The number of rotatable bonds is 3. The van der Waals surface area contributed by atoms with Crippen LogP contribution in [0.2, 0.25) is 0 Å². The van der Waals surface area contributed by atoms with Gasteiger partial charge in [0.1, 0.15) is 0 Å². The monoisotopic (exact) mass is 271 g/mol. The van der Waals surface area contributed by atoms with Crippen molar-refractivity contribution in [1.82, 2.24) is 5.32 Å². The second kappa shape index (κ2) is 6.20. The number of carbonyl (C=O) groups excluding carboxylic acids is 2. The van der Waals surface area contributed by atoms with Gasteiger partial charge in [-0.25, -0.2) is 4.79 Å². The third-order valence-corrected chi connectivity index (χ3v) is 3.55. The minimum atomic E-state index is -0.312. The molecule has 2 unspecified atom stereocenters. The Bertz CT molecular complexity index is 545. The van der Waals surface area contributed by atoms with E-state index in [1.54, 1.807) is 24.3 Å². The van der Waals surface area contributed by atoms with Gasteiger partial charge in [-0.15, -0.1) is 0 Å². The Balaban J connectivity index is 1.91. The molecule has 1 aromatic rings. The SMILES string of the molecule is CC(=O)c1ccc(NC(=O)NC2CCCC2C#N)cc1. The molecule has 1 fully saturated rings. The van der Waals surface area contributed by atoms with Gasteiger partial charge in [0.15, 0.2) is 5.78 Å². The summed E-state index contributed by atoms with van der Waals surface area (Å²) in [6.45, 7) is 1.50. The van der Waals surface area contributed by atoms with E-state index in [2.05, 4.69) is 16.7 Å². The fourth-order valence-corrected chi connectivity index (χ4v) is 2.41. The molecule has 2 rings (SSSR count). The molecule has 20 heavy (non-hydrogen) atoms. The molecule has 0 heterocycles. The predicted molar refractivity (Wildman–Crippen MR) is 75.3 cm³/mol. The number of nitriles is 1. The number of hydrogen-bond donors (Lipinski definition) is 2. The van der Waals surface area contributed by atoms with E-state index in [0.29, 0.717) is 11.3 Å². The van der Waals surface area contributed by atoms with Gasteiger partial charge in [-0.05, 0) is 50.5 Å². The summed E-state index contributed by atoms with van der Waals surface area (Å²) in [4.78, 5) is 23.0. The minimum Gasteiger partial charge on any atom is -0.334 e. The van der Waals surface area contributed by atoms with Crippen molar-refractivity contribution in [3.05, 3.63) is 29.8 Å². The zero-order valence-corrected chi connectivity index (χ0v) is 11.3. The zero-order chi connectivity index (χ0) is 14.5. The van der Waals surface area contributed by atoms with Crippen molar-refractivity contribution < 1.29 is 9.59 Å². The number of anilines is 1. The summed E-state index contributed by atoms with van der Waals surface area (Å²) in [5.41, 5.74) is 1.23. The molecule has 0 spiro atoms. The van der Waals surface area contributed by atoms with E-state index in [1.807, 2.05) is 0 Å². The Morgan fingerprint density at radius 1 is 1.25 bits per heavy atom. The van der Waals surface area contributed by atoms with Crippen LogP contribution < -0.4 is 10.6 Å². The molecule has 0 aliphatic heterocycles. The summed E-state index contributed by atoms with van der Waals surface area (Å²) in [7, 11) is 0. The van der Waals surface area contributed by atoms with Gasteiger partial charge in [0.25, 0.3) is 0 Å². The molecule has 5 heteroatoms. The first-order chi connectivity index (χ1) is 9.60. The van der Waals surface area contributed by atoms with Crippen LogP contribution in [-0.2, 0) is 0 Å². The van der Waals surface area contributed by atoms with Gasteiger partial charge in [0.05, 0.1) is 12.0 Å². The Morgan fingerprint density at radius 3 is 2.55 bits per heavy atom. The first-order valence-corrected chi connectivity index (χ1v) is 6.68. The average molecular weight is 271 g/mol. The normalized spacial score (nSPS) is 21.0. The van der Waals surface area contributed by atoms with Crippen molar-refractivity contribution >= 4 is 17.5 Å². The van der Waals surface area contributed by atoms with Crippen LogP contribution in [0.15, 0.2) is 24.3 Å². The van der Waals surface area contributed by atoms with Crippen LogP contribution in [0.25, 0.3) is 0 Å². The number of amides is 2. The van der Waals surface area contributed by atoms with Gasteiger partial charge in [-0.1, -0.05) is 0 Å². The molecule has 1 aliphatic carbocycles. The van der Waals surface area contributed by atoms with Gasteiger partial charge in [-0.3, -0.25) is 4.79 Å². The summed E-state index contributed by atoms with van der Waals surface area (Å²) in [6, 6.07) is 8.56. The Hall–Kier alpha value is -2.35. The van der Waals surface area contributed by atoms with Crippen molar-refractivity contribution in [2.75, 3.05) is 5.32 Å². The van der Waals surface area contributed by atoms with Crippen molar-refractivity contribution in [1.29, 1.82) is 5.26 Å². The maximum absolute atomic E-state index is 11.9. The Labute approximate surface area is 118 Å². The summed E-state index contributed by atoms with van der Waals surface area (Å²) in [5.74, 6) is -0.107. The first-order valence-electron chi connectivity index (χ1n) is 6.68. The minimum absolute atomic E-state index is 0.0104. The first kappa shape index (κ1) is 14.1. The Kier molecular flexibility index (Phi) is 4.36. The van der Waals surface area contributed by atoms with Crippen molar-refractivity contribution in [3.8, 4) is 6.07 Å². The number of carbonyl (C=O) groups is 2. The summed E-state index contributed by atoms with van der Waals surface area (Å²) >= 11 is 0. The maximum atomic E-state index is 11.9. The van der Waals surface area contributed by atoms with E-state index in [0.717, 1.165) is 19.3 Å². The number of urea groups is 1. The lowest BCUT2D eigenvalue weighted by Gasteiger charge is -2.16. The van der Waals surface area contributed by atoms with Crippen molar-refractivity contribution in [2.24, 2.45) is 5.92 Å². The standard InChI is InChI=1S/C15H17N3O2/c1-10(19)11-5-7-13(8-6-11)17-15(20)18-14-4-2-3-12(14)9-16/h5-8,12,14H,2-4H2,1H3,(H2,17,18,20). The van der Waals surface area contributed by atoms with Gasteiger partial charge in [-0.2, -0.15) is 5.26 Å². The topological polar surface area (TPSA) is 82.0 Å². The van der Waals surface area contributed by atoms with Crippen molar-refractivity contribution in [2.45, 2.75) is 32.2 Å². The van der Waals surface area contributed by atoms with Gasteiger partial charge in [0.2, 0.25) is 0 Å². The highest BCUT2D eigenvalue weighted by molar-refractivity contribution is 5.95. The molecule has 2 amide bonds. The number of benzene rings is 1. The molecular weight excluding hydrogens is 254 g/mol. The molecule has 0 radical (unpaired) electrons. The molecule has 1 saturated carbocycles. The quantitative estimate of drug-likeness (QED) is 0.829. The fourth-order valence-electron chi connectivity index (χ4n) is 2.41. The van der Waals surface area contributed by atoms with Crippen LogP contribution in [0.3, 0.4) is 0 Å². The average Bonchev–Trinajstić information content (AvgIpc) is 2.86. The molecule has 104 valence electrons. The number of ketones is 1. The van der Waals surface area contributed by atoms with Crippen molar-refractivity contribution in [3.63, 3.8) is 0 Å². The number of Topliss-reactive ketones (excluding diaryl/α,β-unsaturated/α-hetero) is 1. The van der Waals surface area contributed by atoms with E-state index >= 15 is 0 Å². The van der Waals surface area contributed by atoms with Gasteiger partial charge >= 0.3 is 6.03 Å². The third kappa shape index (κ3) is 3.35. The van der Waals surface area contributed by atoms with Crippen LogP contribution in [0.5, 0.6) is 0 Å². The smallest absolute Gasteiger partial charge is 0.319 e. The molecule has 0 saturated heterocycles. The molecule has 2 N–H and O–H groups in total. The number of hydrogen-bond acceptors (Lipinski definition) is 3. The van der Waals surface area contributed by atoms with Crippen LogP contribution in [0.4, 0.5) is 10.5 Å². The summed E-state index contributed by atoms with van der Waals surface area (Å²) in [6.07, 6.45) is 2.65. The lowest BCUT2D eigenvalue weighted by atomic mass is 10.1. The van der Waals surface area contributed by atoms with Gasteiger partial charge in [0, 0.05) is 17.3 Å². The largest absolute Gasteiger partial charge is 0.334 e. The molecule has 0 aromatic heterocycles. The number of nitrogens with zero attached hydrogens (tertiary/aromatic N) is 1. The molecule has 5 nitrogen and oxygen atoms in total.